The predicted octanol–water partition coefficient (Wildman–Crippen LogP) is 2.26. The Kier molecular flexibility index (Phi) is 5.30. The number of nitrogens with one attached hydrogen (secondary N) is 2. The first kappa shape index (κ1) is 17.8. The lowest BCUT2D eigenvalue weighted by atomic mass is 9.86. The number of hydrogen-bond donors (Lipinski definition) is 3. The molecule has 0 saturated heterocycles. The number of urea groups is 1. The van der Waals surface area contributed by atoms with Gasteiger partial charge in [-0.15, -0.1) is 0 Å². The molecule has 0 aliphatic heterocycles. The molecule has 1 atom stereocenters. The maximum Gasteiger partial charge on any atom is 0.315 e. The summed E-state index contributed by atoms with van der Waals surface area (Å²) in [6.45, 7) is 4.23. The molecule has 0 spiro atoms. The first-order valence-electron chi connectivity index (χ1n) is 9.29. The van der Waals surface area contributed by atoms with Crippen molar-refractivity contribution in [3.05, 3.63) is 17.5 Å². The SMILES string of the molecule is CC(C)n1ncc2c1CC(NC(=O)NC1CCC(C(=O)O)CC1)CC2. The second kappa shape index (κ2) is 7.45. The summed E-state index contributed by atoms with van der Waals surface area (Å²) in [6.07, 6.45) is 7.38. The molecular formula is C18H28N4O3. The Labute approximate surface area is 148 Å². The van der Waals surface area contributed by atoms with Crippen LogP contribution in [-0.2, 0) is 17.6 Å². The number of carboxylic acids is 1. The molecule has 1 heterocycles. The van der Waals surface area contributed by atoms with Gasteiger partial charge in [-0.3, -0.25) is 9.48 Å². The Morgan fingerprint density at radius 2 is 1.84 bits per heavy atom. The number of rotatable bonds is 4. The van der Waals surface area contributed by atoms with Crippen molar-refractivity contribution in [2.75, 3.05) is 0 Å². The third kappa shape index (κ3) is 4.14. The van der Waals surface area contributed by atoms with Gasteiger partial charge in [-0.2, -0.15) is 5.10 Å². The van der Waals surface area contributed by atoms with Crippen LogP contribution in [-0.4, -0.2) is 39.0 Å². The van der Waals surface area contributed by atoms with Crippen LogP contribution in [0.4, 0.5) is 4.79 Å². The van der Waals surface area contributed by atoms with Crippen LogP contribution >= 0.6 is 0 Å². The Morgan fingerprint density at radius 1 is 1.16 bits per heavy atom. The van der Waals surface area contributed by atoms with Gasteiger partial charge in [-0.05, 0) is 57.9 Å². The minimum Gasteiger partial charge on any atom is -0.481 e. The standard InChI is InChI=1S/C18H28N4O3/c1-11(2)22-16-9-15(8-5-13(16)10-19-22)21-18(25)20-14-6-3-12(4-7-14)17(23)24/h10-12,14-15H,3-9H2,1-2H3,(H,23,24)(H2,20,21,25). The molecule has 3 N–H and O–H groups in total. The quantitative estimate of drug-likeness (QED) is 0.777. The topological polar surface area (TPSA) is 96.3 Å². The molecule has 7 nitrogen and oxygen atoms in total. The molecule has 2 aliphatic rings. The summed E-state index contributed by atoms with van der Waals surface area (Å²) in [5.41, 5.74) is 2.52. The van der Waals surface area contributed by atoms with E-state index in [0.717, 1.165) is 32.1 Å². The van der Waals surface area contributed by atoms with Crippen LogP contribution in [0.2, 0.25) is 0 Å². The highest BCUT2D eigenvalue weighted by Crippen LogP contribution is 2.25. The average Bonchev–Trinajstić information content (AvgIpc) is 2.98. The summed E-state index contributed by atoms with van der Waals surface area (Å²) in [5.74, 6) is -0.975. The van der Waals surface area contributed by atoms with E-state index >= 15 is 0 Å². The molecule has 1 fully saturated rings. The number of nitrogens with zero attached hydrogens (tertiary/aromatic N) is 2. The number of aryl methyl sites for hydroxylation is 1. The smallest absolute Gasteiger partial charge is 0.315 e. The number of amides is 2. The van der Waals surface area contributed by atoms with E-state index in [0.29, 0.717) is 18.9 Å². The summed E-state index contributed by atoms with van der Waals surface area (Å²) >= 11 is 0. The van der Waals surface area contributed by atoms with Crippen LogP contribution in [0.5, 0.6) is 0 Å². The molecule has 0 aromatic carbocycles. The predicted molar refractivity (Wildman–Crippen MR) is 93.5 cm³/mol. The summed E-state index contributed by atoms with van der Waals surface area (Å²) in [4.78, 5) is 23.3. The Morgan fingerprint density at radius 3 is 2.48 bits per heavy atom. The first-order chi connectivity index (χ1) is 11.9. The van der Waals surface area contributed by atoms with Gasteiger partial charge in [-0.1, -0.05) is 0 Å². The van der Waals surface area contributed by atoms with Crippen molar-refractivity contribution in [2.45, 2.75) is 76.9 Å². The summed E-state index contributed by atoms with van der Waals surface area (Å²) in [7, 11) is 0. The molecule has 2 aliphatic carbocycles. The van der Waals surface area contributed by atoms with Crippen molar-refractivity contribution in [1.29, 1.82) is 0 Å². The lowest BCUT2D eigenvalue weighted by molar-refractivity contribution is -0.142. The van der Waals surface area contributed by atoms with Gasteiger partial charge in [0.15, 0.2) is 0 Å². The zero-order valence-electron chi connectivity index (χ0n) is 15.0. The normalized spacial score (nSPS) is 26.1. The molecule has 2 amide bonds. The number of hydrogen-bond acceptors (Lipinski definition) is 3. The van der Waals surface area contributed by atoms with Gasteiger partial charge in [-0.25, -0.2) is 4.79 Å². The van der Waals surface area contributed by atoms with E-state index in [1.54, 1.807) is 0 Å². The second-order valence-electron chi connectivity index (χ2n) is 7.60. The van der Waals surface area contributed by atoms with E-state index in [-0.39, 0.29) is 24.0 Å². The van der Waals surface area contributed by atoms with Crippen molar-refractivity contribution in [1.82, 2.24) is 20.4 Å². The van der Waals surface area contributed by atoms with Crippen LogP contribution in [0.1, 0.15) is 63.3 Å². The first-order valence-corrected chi connectivity index (χ1v) is 9.29. The van der Waals surface area contributed by atoms with Crippen LogP contribution < -0.4 is 10.6 Å². The minimum absolute atomic E-state index is 0.0796. The molecule has 1 saturated carbocycles. The highest BCUT2D eigenvalue weighted by Gasteiger charge is 2.28. The molecule has 1 unspecified atom stereocenters. The van der Waals surface area contributed by atoms with E-state index in [1.165, 1.54) is 11.3 Å². The molecule has 138 valence electrons. The number of aromatic nitrogens is 2. The molecule has 25 heavy (non-hydrogen) atoms. The highest BCUT2D eigenvalue weighted by atomic mass is 16.4. The average molecular weight is 348 g/mol. The molecule has 0 bridgehead atoms. The monoisotopic (exact) mass is 348 g/mol. The maximum absolute atomic E-state index is 12.3. The van der Waals surface area contributed by atoms with Gasteiger partial charge in [0, 0.05) is 30.2 Å². The van der Waals surface area contributed by atoms with Crippen LogP contribution in [0.3, 0.4) is 0 Å². The van der Waals surface area contributed by atoms with Gasteiger partial charge in [0.2, 0.25) is 0 Å². The molecule has 3 rings (SSSR count). The van der Waals surface area contributed by atoms with Crippen LogP contribution in [0.15, 0.2) is 6.20 Å². The summed E-state index contributed by atoms with van der Waals surface area (Å²) < 4.78 is 2.05. The van der Waals surface area contributed by atoms with Gasteiger partial charge < -0.3 is 15.7 Å². The molecular weight excluding hydrogens is 320 g/mol. The van der Waals surface area contributed by atoms with Crippen LogP contribution in [0, 0.1) is 5.92 Å². The largest absolute Gasteiger partial charge is 0.481 e. The van der Waals surface area contributed by atoms with Gasteiger partial charge in [0.1, 0.15) is 0 Å². The van der Waals surface area contributed by atoms with Crippen molar-refractivity contribution in [3.8, 4) is 0 Å². The number of fused-ring (bicyclic) bond motifs is 1. The zero-order valence-corrected chi connectivity index (χ0v) is 15.0. The van der Waals surface area contributed by atoms with Gasteiger partial charge >= 0.3 is 12.0 Å². The van der Waals surface area contributed by atoms with E-state index in [2.05, 4.69) is 29.6 Å². The van der Waals surface area contributed by atoms with E-state index in [9.17, 15) is 9.59 Å². The maximum atomic E-state index is 12.3. The van der Waals surface area contributed by atoms with Gasteiger partial charge in [0.05, 0.1) is 12.1 Å². The number of carbonyl (C=O) groups excluding carboxylic acids is 1. The molecule has 7 heteroatoms. The fourth-order valence-electron chi connectivity index (χ4n) is 3.99. The molecule has 0 radical (unpaired) electrons. The Hall–Kier alpha value is -2.05. The highest BCUT2D eigenvalue weighted by molar-refractivity contribution is 5.75. The fraction of sp³-hybridized carbons (Fsp3) is 0.722. The lowest BCUT2D eigenvalue weighted by Gasteiger charge is -2.29. The van der Waals surface area contributed by atoms with Crippen molar-refractivity contribution in [2.24, 2.45) is 5.92 Å². The molecule has 1 aromatic heterocycles. The van der Waals surface area contributed by atoms with E-state index in [1.807, 2.05) is 10.9 Å². The van der Waals surface area contributed by atoms with Crippen molar-refractivity contribution in [3.63, 3.8) is 0 Å². The Bertz CT molecular complexity index is 632. The number of aliphatic carboxylic acids is 1. The lowest BCUT2D eigenvalue weighted by Crippen LogP contribution is -2.49. The fourth-order valence-corrected chi connectivity index (χ4v) is 3.99. The third-order valence-electron chi connectivity index (χ3n) is 5.42. The minimum atomic E-state index is -0.720. The van der Waals surface area contributed by atoms with Crippen LogP contribution in [0.25, 0.3) is 0 Å². The second-order valence-corrected chi connectivity index (χ2v) is 7.60. The van der Waals surface area contributed by atoms with E-state index < -0.39 is 5.97 Å². The zero-order chi connectivity index (χ0) is 18.0. The third-order valence-corrected chi connectivity index (χ3v) is 5.42. The number of carboxylic acid groups (broad SMARTS) is 1. The van der Waals surface area contributed by atoms with Gasteiger partial charge in [0.25, 0.3) is 0 Å². The van der Waals surface area contributed by atoms with E-state index in [4.69, 9.17) is 5.11 Å². The molecule has 1 aromatic rings. The van der Waals surface area contributed by atoms with Crippen molar-refractivity contribution < 1.29 is 14.7 Å². The Balaban J connectivity index is 1.49. The van der Waals surface area contributed by atoms with Crippen molar-refractivity contribution >= 4 is 12.0 Å². The number of carbonyl (C=O) groups is 2. The summed E-state index contributed by atoms with van der Waals surface area (Å²) in [5, 5.41) is 19.6. The summed E-state index contributed by atoms with van der Waals surface area (Å²) in [6, 6.07) is 0.386.